The van der Waals surface area contributed by atoms with Crippen LogP contribution in [0.4, 0.5) is 28.0 Å². The number of halogens is 4. The number of hydrogen-bond acceptors (Lipinski definition) is 5. The van der Waals surface area contributed by atoms with Crippen LogP contribution in [0, 0.1) is 12.7 Å². The molecule has 0 spiro atoms. The van der Waals surface area contributed by atoms with Gasteiger partial charge in [0.2, 0.25) is 0 Å². The lowest BCUT2D eigenvalue weighted by Gasteiger charge is -2.31. The molecule has 1 saturated heterocycles. The number of nitrogens with one attached hydrogen (secondary N) is 2. The van der Waals surface area contributed by atoms with Crippen molar-refractivity contribution in [3.63, 3.8) is 0 Å². The summed E-state index contributed by atoms with van der Waals surface area (Å²) in [7, 11) is 0. The highest BCUT2D eigenvalue weighted by Crippen LogP contribution is 2.33. The van der Waals surface area contributed by atoms with Gasteiger partial charge in [-0.1, -0.05) is 36.4 Å². The van der Waals surface area contributed by atoms with Crippen molar-refractivity contribution in [3.8, 4) is 0 Å². The van der Waals surface area contributed by atoms with Crippen molar-refractivity contribution >= 4 is 11.8 Å². The van der Waals surface area contributed by atoms with E-state index in [9.17, 15) is 37.1 Å². The fourth-order valence-corrected chi connectivity index (χ4v) is 4.78. The van der Waals surface area contributed by atoms with Crippen molar-refractivity contribution in [2.24, 2.45) is 0 Å². The zero-order valence-electron chi connectivity index (χ0n) is 21.0. The zero-order valence-corrected chi connectivity index (χ0v) is 21.0. The Morgan fingerprint density at radius 2 is 1.72 bits per heavy atom. The first-order valence-corrected chi connectivity index (χ1v) is 12.2. The predicted octanol–water partition coefficient (Wildman–Crippen LogP) is 2.94. The molecule has 2 heterocycles. The summed E-state index contributed by atoms with van der Waals surface area (Å²) in [6.07, 6.45) is -6.28. The third-order valence-corrected chi connectivity index (χ3v) is 6.70. The first-order chi connectivity index (χ1) is 18.5. The molecule has 39 heavy (non-hydrogen) atoms. The number of aromatic nitrogens is 2. The molecule has 1 amide bonds. The van der Waals surface area contributed by atoms with E-state index in [2.05, 4.69) is 10.6 Å². The van der Waals surface area contributed by atoms with Crippen LogP contribution in [-0.2, 0) is 19.3 Å². The molecule has 1 aliphatic heterocycles. The minimum Gasteiger partial charge on any atom is -0.465 e. The molecule has 1 aromatic heterocycles. The van der Waals surface area contributed by atoms with Gasteiger partial charge in [-0.25, -0.2) is 14.0 Å². The molecule has 1 fully saturated rings. The fraction of sp³-hybridized carbons (Fsp3) is 0.346. The Kier molecular flexibility index (Phi) is 8.09. The average molecular weight is 550 g/mol. The third-order valence-electron chi connectivity index (χ3n) is 6.70. The minimum absolute atomic E-state index is 0.0852. The zero-order chi connectivity index (χ0) is 28.3. The summed E-state index contributed by atoms with van der Waals surface area (Å²) in [5, 5.41) is 14.8. The van der Waals surface area contributed by atoms with Gasteiger partial charge in [0, 0.05) is 37.4 Å². The van der Waals surface area contributed by atoms with E-state index in [1.54, 1.807) is 35.2 Å². The number of carbonyl (C=O) groups is 1. The van der Waals surface area contributed by atoms with Crippen LogP contribution < -0.4 is 26.8 Å². The average Bonchev–Trinajstić information content (AvgIpc) is 2.89. The molecule has 1 atom stereocenters. The largest absolute Gasteiger partial charge is 0.465 e. The summed E-state index contributed by atoms with van der Waals surface area (Å²) in [5.74, 6) is -1.15. The number of carboxylic acid groups (broad SMARTS) is 1. The van der Waals surface area contributed by atoms with Crippen LogP contribution in [-0.4, -0.2) is 46.5 Å². The molecule has 4 rings (SSSR count). The van der Waals surface area contributed by atoms with E-state index >= 15 is 0 Å². The highest BCUT2D eigenvalue weighted by molar-refractivity contribution is 5.65. The molecule has 2 aromatic carbocycles. The van der Waals surface area contributed by atoms with Gasteiger partial charge in [-0.3, -0.25) is 13.9 Å². The molecule has 0 radical (unpaired) electrons. The summed E-state index contributed by atoms with van der Waals surface area (Å²) in [5.41, 5.74) is -3.03. The minimum atomic E-state index is -4.88. The monoisotopic (exact) mass is 549 g/mol. The summed E-state index contributed by atoms with van der Waals surface area (Å²) in [6.45, 7) is 2.04. The molecule has 3 N–H and O–H groups in total. The van der Waals surface area contributed by atoms with Crippen molar-refractivity contribution in [2.45, 2.75) is 32.2 Å². The van der Waals surface area contributed by atoms with Crippen molar-refractivity contribution in [2.75, 3.05) is 31.1 Å². The lowest BCUT2D eigenvalue weighted by atomic mass is 10.1. The van der Waals surface area contributed by atoms with E-state index in [1.807, 2.05) is 0 Å². The summed E-state index contributed by atoms with van der Waals surface area (Å²) in [4.78, 5) is 40.7. The Labute approximate surface area is 220 Å². The molecular weight excluding hydrogens is 522 g/mol. The number of benzene rings is 2. The number of rotatable bonds is 7. The van der Waals surface area contributed by atoms with Crippen LogP contribution in [0.15, 0.2) is 58.1 Å². The molecule has 0 bridgehead atoms. The Morgan fingerprint density at radius 1 is 1.05 bits per heavy atom. The topological polar surface area (TPSA) is 109 Å². The molecule has 0 saturated carbocycles. The van der Waals surface area contributed by atoms with Crippen LogP contribution in [0.5, 0.6) is 0 Å². The Morgan fingerprint density at radius 3 is 2.33 bits per heavy atom. The second-order valence-electron chi connectivity index (χ2n) is 9.13. The maximum Gasteiger partial charge on any atom is 0.416 e. The van der Waals surface area contributed by atoms with Crippen molar-refractivity contribution in [1.29, 1.82) is 0 Å². The van der Waals surface area contributed by atoms with E-state index in [0.29, 0.717) is 31.7 Å². The van der Waals surface area contributed by atoms with Gasteiger partial charge in [0.25, 0.3) is 5.56 Å². The SMILES string of the molecule is Cc1c(N2CCNCC2)c(=O)n(CC(NC(=O)O)c2ccccc2)c(=O)n1Cc1c(F)cccc1C(F)(F)F. The quantitative estimate of drug-likeness (QED) is 0.391. The number of piperazine rings is 1. The van der Waals surface area contributed by atoms with E-state index in [4.69, 9.17) is 0 Å². The summed E-state index contributed by atoms with van der Waals surface area (Å²) < 4.78 is 57.7. The van der Waals surface area contributed by atoms with Crippen LogP contribution in [0.2, 0.25) is 0 Å². The molecule has 0 aliphatic carbocycles. The van der Waals surface area contributed by atoms with Gasteiger partial charge < -0.3 is 20.6 Å². The fourth-order valence-electron chi connectivity index (χ4n) is 4.78. The molecule has 1 unspecified atom stereocenters. The summed E-state index contributed by atoms with van der Waals surface area (Å²) >= 11 is 0. The van der Waals surface area contributed by atoms with Crippen molar-refractivity contribution < 1.29 is 27.5 Å². The molecule has 208 valence electrons. The molecule has 13 heteroatoms. The van der Waals surface area contributed by atoms with Crippen molar-refractivity contribution in [1.82, 2.24) is 19.8 Å². The second kappa shape index (κ2) is 11.3. The number of nitrogens with zero attached hydrogens (tertiary/aromatic N) is 3. The highest BCUT2D eigenvalue weighted by atomic mass is 19.4. The lowest BCUT2D eigenvalue weighted by Crippen LogP contribution is -2.51. The highest BCUT2D eigenvalue weighted by Gasteiger charge is 2.35. The second-order valence-corrected chi connectivity index (χ2v) is 9.13. The van der Waals surface area contributed by atoms with Gasteiger partial charge in [-0.05, 0) is 24.6 Å². The third kappa shape index (κ3) is 5.98. The maximum atomic E-state index is 14.8. The number of amides is 1. The molecule has 9 nitrogen and oxygen atoms in total. The van der Waals surface area contributed by atoms with Crippen LogP contribution in [0.3, 0.4) is 0 Å². The Hall–Kier alpha value is -4.13. The lowest BCUT2D eigenvalue weighted by molar-refractivity contribution is -0.138. The molecule has 1 aliphatic rings. The van der Waals surface area contributed by atoms with Crippen molar-refractivity contribution in [3.05, 3.63) is 97.6 Å². The van der Waals surface area contributed by atoms with Gasteiger partial charge in [0.15, 0.2) is 0 Å². The van der Waals surface area contributed by atoms with Gasteiger partial charge >= 0.3 is 18.0 Å². The molecule has 3 aromatic rings. The Bertz CT molecular complexity index is 1460. The number of alkyl halides is 3. The number of anilines is 1. The van der Waals surface area contributed by atoms with Crippen LogP contribution >= 0.6 is 0 Å². The molecular formula is C26H27F4N5O4. The smallest absolute Gasteiger partial charge is 0.416 e. The van der Waals surface area contributed by atoms with Crippen LogP contribution in [0.25, 0.3) is 0 Å². The predicted molar refractivity (Wildman–Crippen MR) is 136 cm³/mol. The van der Waals surface area contributed by atoms with E-state index in [0.717, 1.165) is 27.3 Å². The van der Waals surface area contributed by atoms with E-state index < -0.39 is 59.6 Å². The Balaban J connectivity index is 1.92. The van der Waals surface area contributed by atoms with Gasteiger partial charge in [0.1, 0.15) is 11.5 Å². The maximum absolute atomic E-state index is 14.8. The van der Waals surface area contributed by atoms with E-state index in [1.165, 1.54) is 6.92 Å². The first kappa shape index (κ1) is 27.9. The van der Waals surface area contributed by atoms with Gasteiger partial charge in [-0.2, -0.15) is 13.2 Å². The normalized spacial score (nSPS) is 14.7. The summed E-state index contributed by atoms with van der Waals surface area (Å²) in [6, 6.07) is 9.77. The first-order valence-electron chi connectivity index (χ1n) is 12.2. The van der Waals surface area contributed by atoms with Gasteiger partial charge in [-0.15, -0.1) is 0 Å². The van der Waals surface area contributed by atoms with E-state index in [-0.39, 0.29) is 11.4 Å². The van der Waals surface area contributed by atoms with Crippen LogP contribution in [0.1, 0.15) is 28.4 Å². The van der Waals surface area contributed by atoms with Gasteiger partial charge in [0.05, 0.1) is 24.7 Å². The number of hydrogen-bond donors (Lipinski definition) is 3. The standard InChI is InChI=1S/C26H27F4N5O4/c1-16-22(33-12-10-31-11-13-33)23(36)35(15-21(32-24(37)38)17-6-3-2-4-7-17)25(39)34(16)14-18-19(26(28,29)30)8-5-9-20(18)27/h2-9,21,31-32H,10-15H2,1H3,(H,37,38).